The second-order valence-electron chi connectivity index (χ2n) is 4.04. The van der Waals surface area contributed by atoms with E-state index in [-0.39, 0.29) is 23.7 Å². The van der Waals surface area contributed by atoms with Gasteiger partial charge in [0.25, 0.3) is 11.6 Å². The Morgan fingerprint density at radius 3 is 2.68 bits per heavy atom. The van der Waals surface area contributed by atoms with E-state index >= 15 is 0 Å². The van der Waals surface area contributed by atoms with Gasteiger partial charge in [0.2, 0.25) is 0 Å². The predicted octanol–water partition coefficient (Wildman–Crippen LogP) is 1.89. The monoisotopic (exact) mass is 266 g/mol. The van der Waals surface area contributed by atoms with Crippen molar-refractivity contribution in [1.82, 2.24) is 9.55 Å². The largest absolute Gasteiger partial charge is 0.468 e. The zero-order valence-electron chi connectivity index (χ0n) is 10.5. The molecule has 0 unspecified atom stereocenters. The molecule has 0 aliphatic heterocycles. The fraction of sp³-hybridized carbons (Fsp3) is 0.231. The molecule has 2 rings (SSSR count). The van der Waals surface area contributed by atoms with Crippen LogP contribution in [-0.4, -0.2) is 16.7 Å². The molecule has 2 aromatic rings. The second-order valence-corrected chi connectivity index (χ2v) is 4.04. The first-order valence-electron chi connectivity index (χ1n) is 5.57. The Kier molecular flexibility index (Phi) is 3.59. The minimum atomic E-state index is -0.713. The molecule has 0 saturated carbocycles. The highest BCUT2D eigenvalue weighted by molar-refractivity contribution is 5.20. The van der Waals surface area contributed by atoms with Crippen LogP contribution in [0.4, 0.5) is 8.78 Å². The van der Waals surface area contributed by atoms with Crippen LogP contribution in [0.25, 0.3) is 0 Å². The highest BCUT2D eigenvalue weighted by Gasteiger charge is 2.11. The summed E-state index contributed by atoms with van der Waals surface area (Å²) in [6.07, 6.45) is 0. The molecule has 1 heterocycles. The molecule has 19 heavy (non-hydrogen) atoms. The molecule has 0 radical (unpaired) electrons. The van der Waals surface area contributed by atoms with Gasteiger partial charge in [0.15, 0.2) is 0 Å². The molecule has 0 bridgehead atoms. The Morgan fingerprint density at radius 1 is 1.32 bits per heavy atom. The molecule has 1 aromatic carbocycles. The van der Waals surface area contributed by atoms with Crippen molar-refractivity contribution in [2.24, 2.45) is 0 Å². The first-order chi connectivity index (χ1) is 9.01. The van der Waals surface area contributed by atoms with Gasteiger partial charge in [-0.15, -0.1) is 0 Å². The van der Waals surface area contributed by atoms with Crippen molar-refractivity contribution in [3.63, 3.8) is 0 Å². The van der Waals surface area contributed by atoms with E-state index in [2.05, 4.69) is 4.98 Å². The summed E-state index contributed by atoms with van der Waals surface area (Å²) in [5.41, 5.74) is 0.346. The fourth-order valence-electron chi connectivity index (χ4n) is 1.72. The minimum absolute atomic E-state index is 0.0681. The molecule has 1 aromatic heterocycles. The van der Waals surface area contributed by atoms with Gasteiger partial charge in [-0.1, -0.05) is 6.07 Å². The van der Waals surface area contributed by atoms with Crippen molar-refractivity contribution in [3.05, 3.63) is 57.5 Å². The van der Waals surface area contributed by atoms with Gasteiger partial charge in [-0.05, 0) is 13.0 Å². The van der Waals surface area contributed by atoms with Crippen LogP contribution in [0.2, 0.25) is 0 Å². The molecule has 0 atom stereocenters. The van der Waals surface area contributed by atoms with Gasteiger partial charge in [-0.2, -0.15) is 0 Å². The van der Waals surface area contributed by atoms with Crippen LogP contribution < -0.4 is 10.3 Å². The number of aryl methyl sites for hydroxylation is 1. The normalized spacial score (nSPS) is 10.5. The molecule has 100 valence electrons. The third-order valence-electron chi connectivity index (χ3n) is 2.63. The van der Waals surface area contributed by atoms with Gasteiger partial charge in [0, 0.05) is 23.4 Å². The van der Waals surface area contributed by atoms with E-state index in [9.17, 15) is 13.6 Å². The average Bonchev–Trinajstić information content (AvgIpc) is 2.34. The van der Waals surface area contributed by atoms with Gasteiger partial charge < -0.3 is 4.74 Å². The van der Waals surface area contributed by atoms with Crippen molar-refractivity contribution in [3.8, 4) is 6.01 Å². The lowest BCUT2D eigenvalue weighted by molar-refractivity contribution is 0.349. The van der Waals surface area contributed by atoms with Gasteiger partial charge in [-0.25, -0.2) is 13.8 Å². The number of rotatable bonds is 3. The summed E-state index contributed by atoms with van der Waals surface area (Å²) in [4.78, 5) is 15.9. The summed E-state index contributed by atoms with van der Waals surface area (Å²) in [6, 6.07) is 4.61. The summed E-state index contributed by atoms with van der Waals surface area (Å²) in [5.74, 6) is -1.38. The van der Waals surface area contributed by atoms with E-state index in [0.29, 0.717) is 5.69 Å². The first kappa shape index (κ1) is 13.2. The molecular formula is C13H12F2N2O2. The van der Waals surface area contributed by atoms with E-state index in [1.165, 1.54) is 23.8 Å². The third kappa shape index (κ3) is 2.78. The highest BCUT2D eigenvalue weighted by atomic mass is 19.1. The fourth-order valence-corrected chi connectivity index (χ4v) is 1.72. The molecule has 0 N–H and O–H groups in total. The van der Waals surface area contributed by atoms with Crippen LogP contribution in [0.1, 0.15) is 11.3 Å². The third-order valence-corrected chi connectivity index (χ3v) is 2.63. The summed E-state index contributed by atoms with van der Waals surface area (Å²) < 4.78 is 32.6. The van der Waals surface area contributed by atoms with Crippen molar-refractivity contribution in [2.75, 3.05) is 7.11 Å². The van der Waals surface area contributed by atoms with E-state index < -0.39 is 11.6 Å². The van der Waals surface area contributed by atoms with Gasteiger partial charge in [-0.3, -0.25) is 9.36 Å². The average molecular weight is 266 g/mol. The number of halogens is 2. The second kappa shape index (κ2) is 5.17. The molecule has 0 spiro atoms. The van der Waals surface area contributed by atoms with Gasteiger partial charge in [0.1, 0.15) is 11.6 Å². The molecule has 0 saturated heterocycles. The molecule has 0 fully saturated rings. The molecule has 0 aliphatic rings. The van der Waals surface area contributed by atoms with Crippen LogP contribution in [0, 0.1) is 18.6 Å². The van der Waals surface area contributed by atoms with Crippen LogP contribution in [-0.2, 0) is 6.54 Å². The molecule has 4 nitrogen and oxygen atoms in total. The van der Waals surface area contributed by atoms with Crippen molar-refractivity contribution in [1.29, 1.82) is 0 Å². The highest BCUT2D eigenvalue weighted by Crippen LogP contribution is 2.13. The van der Waals surface area contributed by atoms with Gasteiger partial charge >= 0.3 is 0 Å². The van der Waals surface area contributed by atoms with E-state index in [1.807, 2.05) is 0 Å². The number of benzene rings is 1. The van der Waals surface area contributed by atoms with E-state index in [0.717, 1.165) is 12.1 Å². The maximum atomic E-state index is 13.6. The SMILES string of the molecule is COc1nc(C)cc(=O)n1Cc1ccc(F)cc1F. The van der Waals surface area contributed by atoms with Gasteiger partial charge in [0.05, 0.1) is 13.7 Å². The smallest absolute Gasteiger partial charge is 0.299 e. The number of ether oxygens (including phenoxy) is 1. The summed E-state index contributed by atoms with van der Waals surface area (Å²) >= 11 is 0. The molecule has 0 aliphatic carbocycles. The van der Waals surface area contributed by atoms with Crippen LogP contribution >= 0.6 is 0 Å². The number of hydrogen-bond donors (Lipinski definition) is 0. The topological polar surface area (TPSA) is 44.1 Å². The first-order valence-corrected chi connectivity index (χ1v) is 5.57. The summed E-state index contributed by atoms with van der Waals surface area (Å²) in [5, 5.41) is 0. The number of nitrogens with zero attached hydrogens (tertiary/aromatic N) is 2. The lowest BCUT2D eigenvalue weighted by Gasteiger charge is -2.11. The van der Waals surface area contributed by atoms with Crippen molar-refractivity contribution >= 4 is 0 Å². The zero-order valence-corrected chi connectivity index (χ0v) is 10.5. The standard InChI is InChI=1S/C13H12F2N2O2/c1-8-5-12(18)17(13(16-8)19-2)7-9-3-4-10(14)6-11(9)15/h3-6H,7H2,1-2H3. The minimum Gasteiger partial charge on any atom is -0.468 e. The number of methoxy groups -OCH3 is 1. The molecule has 6 heteroatoms. The molecule has 0 amide bonds. The Morgan fingerprint density at radius 2 is 2.05 bits per heavy atom. The molecular weight excluding hydrogens is 254 g/mol. The Bertz CT molecular complexity index is 668. The van der Waals surface area contributed by atoms with Crippen LogP contribution in [0.3, 0.4) is 0 Å². The summed E-state index contributed by atoms with van der Waals surface area (Å²) in [7, 11) is 1.37. The van der Waals surface area contributed by atoms with Crippen molar-refractivity contribution in [2.45, 2.75) is 13.5 Å². The lowest BCUT2D eigenvalue weighted by atomic mass is 10.2. The Hall–Kier alpha value is -2.24. The van der Waals surface area contributed by atoms with E-state index in [1.54, 1.807) is 6.92 Å². The van der Waals surface area contributed by atoms with Crippen LogP contribution in [0.15, 0.2) is 29.1 Å². The number of hydrogen-bond acceptors (Lipinski definition) is 3. The maximum absolute atomic E-state index is 13.6. The zero-order chi connectivity index (χ0) is 14.0. The Labute approximate surface area is 108 Å². The summed E-state index contributed by atoms with van der Waals surface area (Å²) in [6.45, 7) is 1.59. The van der Waals surface area contributed by atoms with E-state index in [4.69, 9.17) is 4.74 Å². The number of aromatic nitrogens is 2. The van der Waals surface area contributed by atoms with Crippen molar-refractivity contribution < 1.29 is 13.5 Å². The quantitative estimate of drug-likeness (QED) is 0.852. The maximum Gasteiger partial charge on any atom is 0.299 e. The predicted molar refractivity (Wildman–Crippen MR) is 65.2 cm³/mol. The lowest BCUT2D eigenvalue weighted by Crippen LogP contribution is -2.23. The van der Waals surface area contributed by atoms with Crippen LogP contribution in [0.5, 0.6) is 6.01 Å². The Balaban J connectivity index is 2.46.